The molecule has 0 unspecified atom stereocenters. The van der Waals surface area contributed by atoms with Crippen molar-refractivity contribution in [1.82, 2.24) is 9.62 Å². The molecule has 110 valence electrons. The zero-order valence-corrected chi connectivity index (χ0v) is 12.1. The number of aliphatic hydroxyl groups excluding tert-OH is 1. The van der Waals surface area contributed by atoms with Gasteiger partial charge in [0.1, 0.15) is 0 Å². The van der Waals surface area contributed by atoms with Gasteiger partial charge in [-0.15, -0.1) is 0 Å². The molecule has 2 heterocycles. The Balaban J connectivity index is 1.97. The third-order valence-electron chi connectivity index (χ3n) is 4.31. The highest BCUT2D eigenvalue weighted by molar-refractivity contribution is 7.88. The third-order valence-corrected chi connectivity index (χ3v) is 5.62. The van der Waals surface area contributed by atoms with Gasteiger partial charge >= 0.3 is 0 Å². The molecule has 0 aliphatic carbocycles. The highest BCUT2D eigenvalue weighted by Gasteiger charge is 2.48. The van der Waals surface area contributed by atoms with Crippen molar-refractivity contribution in [3.8, 4) is 0 Å². The molecule has 2 rings (SSSR count). The van der Waals surface area contributed by atoms with Crippen LogP contribution < -0.4 is 5.32 Å². The number of carbonyl (C=O) groups is 1. The zero-order chi connectivity index (χ0) is 14.1. The van der Waals surface area contributed by atoms with E-state index in [1.807, 2.05) is 0 Å². The van der Waals surface area contributed by atoms with Crippen LogP contribution in [0.2, 0.25) is 0 Å². The number of nitrogens with one attached hydrogen (secondary N) is 1. The standard InChI is InChI=1S/C12H22N2O4S/c1-19(17,18)14-6-4-12(5-7-14)9-10(3-2-8-15)13-11(12)16/h10,15H,2-9H2,1H3,(H,13,16)/t10-/m0/s1. The van der Waals surface area contributed by atoms with Gasteiger partial charge in [0.15, 0.2) is 0 Å². The first-order valence-electron chi connectivity index (χ1n) is 6.74. The molecular formula is C12H22N2O4S. The van der Waals surface area contributed by atoms with Crippen molar-refractivity contribution >= 4 is 15.9 Å². The largest absolute Gasteiger partial charge is 0.396 e. The molecule has 0 aromatic carbocycles. The SMILES string of the molecule is CS(=O)(=O)N1CCC2(CC1)C[C@H](CCCO)NC2=O. The van der Waals surface area contributed by atoms with Crippen molar-refractivity contribution in [2.75, 3.05) is 26.0 Å². The Morgan fingerprint density at radius 2 is 2.05 bits per heavy atom. The van der Waals surface area contributed by atoms with Crippen LogP contribution >= 0.6 is 0 Å². The molecule has 2 saturated heterocycles. The van der Waals surface area contributed by atoms with E-state index in [1.54, 1.807) is 0 Å². The minimum Gasteiger partial charge on any atom is -0.396 e. The summed E-state index contributed by atoms with van der Waals surface area (Å²) in [6.07, 6.45) is 4.66. The van der Waals surface area contributed by atoms with Gasteiger partial charge < -0.3 is 10.4 Å². The van der Waals surface area contributed by atoms with Crippen molar-refractivity contribution in [3.63, 3.8) is 0 Å². The number of sulfonamides is 1. The Bertz CT molecular complexity index is 441. The highest BCUT2D eigenvalue weighted by Crippen LogP contribution is 2.41. The fraction of sp³-hybridized carbons (Fsp3) is 0.917. The molecule has 0 bridgehead atoms. The first kappa shape index (κ1) is 14.7. The van der Waals surface area contributed by atoms with Gasteiger partial charge in [0.2, 0.25) is 15.9 Å². The Labute approximate surface area is 114 Å². The second kappa shape index (κ2) is 5.38. The Morgan fingerprint density at radius 1 is 1.42 bits per heavy atom. The first-order chi connectivity index (χ1) is 8.87. The Morgan fingerprint density at radius 3 is 2.58 bits per heavy atom. The lowest BCUT2D eigenvalue weighted by Crippen LogP contribution is -2.45. The van der Waals surface area contributed by atoms with Crippen LogP contribution in [0.25, 0.3) is 0 Å². The van der Waals surface area contributed by atoms with Crippen LogP contribution in [0.5, 0.6) is 0 Å². The molecule has 1 spiro atoms. The van der Waals surface area contributed by atoms with Crippen molar-refractivity contribution < 1.29 is 18.3 Å². The molecule has 19 heavy (non-hydrogen) atoms. The van der Waals surface area contributed by atoms with Gasteiger partial charge in [-0.3, -0.25) is 4.79 Å². The van der Waals surface area contributed by atoms with Crippen LogP contribution in [0.1, 0.15) is 32.1 Å². The minimum atomic E-state index is -3.15. The summed E-state index contributed by atoms with van der Waals surface area (Å²) >= 11 is 0. The van der Waals surface area contributed by atoms with Gasteiger partial charge in [0.05, 0.1) is 11.7 Å². The minimum absolute atomic E-state index is 0.0589. The lowest BCUT2D eigenvalue weighted by atomic mass is 9.76. The summed E-state index contributed by atoms with van der Waals surface area (Å²) in [7, 11) is -3.15. The summed E-state index contributed by atoms with van der Waals surface area (Å²) in [6.45, 7) is 0.999. The number of hydrogen-bond donors (Lipinski definition) is 2. The fourth-order valence-corrected chi connectivity index (χ4v) is 3.99. The molecule has 7 heteroatoms. The zero-order valence-electron chi connectivity index (χ0n) is 11.3. The molecule has 0 aromatic rings. The summed E-state index contributed by atoms with van der Waals surface area (Å²) < 4.78 is 24.4. The van der Waals surface area contributed by atoms with E-state index in [4.69, 9.17) is 5.11 Å². The van der Waals surface area contributed by atoms with Crippen LogP contribution in [0.15, 0.2) is 0 Å². The van der Waals surface area contributed by atoms with Gasteiger partial charge in [-0.25, -0.2) is 12.7 Å². The second-order valence-corrected chi connectivity index (χ2v) is 7.67. The first-order valence-corrected chi connectivity index (χ1v) is 8.59. The molecule has 0 radical (unpaired) electrons. The average Bonchev–Trinajstić information content (AvgIpc) is 2.63. The second-order valence-electron chi connectivity index (χ2n) is 5.68. The van der Waals surface area contributed by atoms with Crippen LogP contribution in [0, 0.1) is 5.41 Å². The molecule has 1 amide bonds. The van der Waals surface area contributed by atoms with Crippen molar-refractivity contribution in [1.29, 1.82) is 0 Å². The monoisotopic (exact) mass is 290 g/mol. The molecule has 6 nitrogen and oxygen atoms in total. The normalized spacial score (nSPS) is 27.7. The maximum absolute atomic E-state index is 12.1. The fourth-order valence-electron chi connectivity index (χ4n) is 3.14. The summed E-state index contributed by atoms with van der Waals surface area (Å²) in [5.41, 5.74) is -0.388. The van der Waals surface area contributed by atoms with E-state index in [9.17, 15) is 13.2 Å². The Kier molecular flexibility index (Phi) is 4.17. The van der Waals surface area contributed by atoms with Crippen LogP contribution in [-0.2, 0) is 14.8 Å². The lowest BCUT2D eigenvalue weighted by molar-refractivity contribution is -0.129. The smallest absolute Gasteiger partial charge is 0.226 e. The highest BCUT2D eigenvalue weighted by atomic mass is 32.2. The summed E-state index contributed by atoms with van der Waals surface area (Å²) in [5.74, 6) is 0.0589. The van der Waals surface area contributed by atoms with E-state index in [1.165, 1.54) is 10.6 Å². The van der Waals surface area contributed by atoms with Crippen LogP contribution in [-0.4, -0.2) is 55.7 Å². The maximum atomic E-state index is 12.1. The van der Waals surface area contributed by atoms with Gasteiger partial charge in [0.25, 0.3) is 0 Å². The number of piperidine rings is 1. The molecule has 2 aliphatic heterocycles. The van der Waals surface area contributed by atoms with E-state index in [-0.39, 0.29) is 24.0 Å². The number of amides is 1. The summed E-state index contributed by atoms with van der Waals surface area (Å²) in [5, 5.41) is 11.8. The summed E-state index contributed by atoms with van der Waals surface area (Å²) in [6, 6.07) is 0.129. The molecular weight excluding hydrogens is 268 g/mol. The molecule has 0 aromatic heterocycles. The summed E-state index contributed by atoms with van der Waals surface area (Å²) in [4.78, 5) is 12.1. The van der Waals surface area contributed by atoms with E-state index < -0.39 is 10.0 Å². The predicted octanol–water partition coefficient (Wildman–Crippen LogP) is -0.311. The molecule has 2 N–H and O–H groups in total. The average molecular weight is 290 g/mol. The number of rotatable bonds is 4. The maximum Gasteiger partial charge on any atom is 0.226 e. The quantitative estimate of drug-likeness (QED) is 0.743. The predicted molar refractivity (Wildman–Crippen MR) is 71.0 cm³/mol. The number of carbonyl (C=O) groups excluding carboxylic acids is 1. The molecule has 0 saturated carbocycles. The van der Waals surface area contributed by atoms with Gasteiger partial charge in [-0.05, 0) is 32.1 Å². The molecule has 2 fully saturated rings. The van der Waals surface area contributed by atoms with Crippen LogP contribution in [0.4, 0.5) is 0 Å². The van der Waals surface area contributed by atoms with Crippen molar-refractivity contribution in [3.05, 3.63) is 0 Å². The number of nitrogens with zero attached hydrogens (tertiary/aromatic N) is 1. The van der Waals surface area contributed by atoms with E-state index >= 15 is 0 Å². The van der Waals surface area contributed by atoms with Crippen LogP contribution in [0.3, 0.4) is 0 Å². The Hall–Kier alpha value is -0.660. The third kappa shape index (κ3) is 3.09. The number of hydrogen-bond acceptors (Lipinski definition) is 4. The van der Waals surface area contributed by atoms with E-state index in [0.717, 1.165) is 12.8 Å². The van der Waals surface area contributed by atoms with E-state index in [0.29, 0.717) is 32.4 Å². The molecule has 2 aliphatic rings. The van der Waals surface area contributed by atoms with Crippen molar-refractivity contribution in [2.45, 2.75) is 38.1 Å². The van der Waals surface area contributed by atoms with Gasteiger partial charge in [0, 0.05) is 25.7 Å². The van der Waals surface area contributed by atoms with Crippen molar-refractivity contribution in [2.24, 2.45) is 5.41 Å². The number of aliphatic hydroxyl groups is 1. The van der Waals surface area contributed by atoms with Gasteiger partial charge in [-0.1, -0.05) is 0 Å². The molecule has 1 atom stereocenters. The lowest BCUT2D eigenvalue weighted by Gasteiger charge is -2.36. The van der Waals surface area contributed by atoms with Gasteiger partial charge in [-0.2, -0.15) is 0 Å². The van der Waals surface area contributed by atoms with E-state index in [2.05, 4.69) is 5.32 Å². The topological polar surface area (TPSA) is 86.7 Å².